The normalized spacial score (nSPS) is 18.8. The van der Waals surface area contributed by atoms with Crippen molar-refractivity contribution in [2.75, 3.05) is 12.4 Å². The number of nitrogens with zero attached hydrogens (tertiary/aromatic N) is 1. The fourth-order valence-corrected chi connectivity index (χ4v) is 4.81. The molecule has 0 unspecified atom stereocenters. The van der Waals surface area contributed by atoms with Crippen LogP contribution in [-0.2, 0) is 22.9 Å². The summed E-state index contributed by atoms with van der Waals surface area (Å²) in [5, 5.41) is 0. The Morgan fingerprint density at radius 3 is 2.63 bits per heavy atom. The molecule has 1 saturated carbocycles. The van der Waals surface area contributed by atoms with Crippen LogP contribution in [0.1, 0.15) is 30.4 Å². The molecule has 0 radical (unpaired) electrons. The Balaban J connectivity index is 1.94. The molecule has 1 aromatic rings. The number of benzene rings is 1. The Labute approximate surface area is 119 Å². The molecular formula is C14H18ClNO2S. The molecule has 0 aromatic heterocycles. The van der Waals surface area contributed by atoms with E-state index in [9.17, 15) is 8.42 Å². The first-order chi connectivity index (χ1) is 9.13. The lowest BCUT2D eigenvalue weighted by atomic mass is 10.1. The van der Waals surface area contributed by atoms with E-state index >= 15 is 0 Å². The first kappa shape index (κ1) is 13.4. The van der Waals surface area contributed by atoms with E-state index in [4.69, 9.17) is 11.6 Å². The molecule has 0 spiro atoms. The van der Waals surface area contributed by atoms with Crippen molar-refractivity contribution < 1.29 is 8.42 Å². The first-order valence-corrected chi connectivity index (χ1v) is 8.80. The van der Waals surface area contributed by atoms with Gasteiger partial charge in [0.2, 0.25) is 10.0 Å². The highest BCUT2D eigenvalue weighted by Crippen LogP contribution is 2.33. The van der Waals surface area contributed by atoms with Gasteiger partial charge in [0, 0.05) is 18.5 Å². The number of aryl methyl sites for hydroxylation is 2. The third kappa shape index (κ3) is 2.54. The van der Waals surface area contributed by atoms with Gasteiger partial charge in [0.05, 0.1) is 4.90 Å². The maximum atomic E-state index is 12.7. The van der Waals surface area contributed by atoms with Crippen molar-refractivity contribution in [2.45, 2.75) is 43.0 Å². The topological polar surface area (TPSA) is 37.4 Å². The molecule has 0 bridgehead atoms. The second-order valence-corrected chi connectivity index (χ2v) is 7.59. The number of rotatable bonds is 5. The Morgan fingerprint density at radius 1 is 1.21 bits per heavy atom. The fraction of sp³-hybridized carbons (Fsp3) is 0.571. The van der Waals surface area contributed by atoms with E-state index in [1.165, 1.54) is 11.1 Å². The van der Waals surface area contributed by atoms with Crippen LogP contribution in [0.2, 0.25) is 0 Å². The fourth-order valence-electron chi connectivity index (χ4n) is 2.79. The summed E-state index contributed by atoms with van der Waals surface area (Å²) in [5.41, 5.74) is 2.50. The molecule has 3 nitrogen and oxygen atoms in total. The Kier molecular flexibility index (Phi) is 3.58. The second kappa shape index (κ2) is 5.08. The van der Waals surface area contributed by atoms with Crippen LogP contribution >= 0.6 is 11.6 Å². The molecule has 1 fully saturated rings. The van der Waals surface area contributed by atoms with E-state index in [1.54, 1.807) is 10.4 Å². The van der Waals surface area contributed by atoms with Gasteiger partial charge < -0.3 is 0 Å². The molecule has 1 aromatic carbocycles. The highest BCUT2D eigenvalue weighted by molar-refractivity contribution is 7.89. The molecule has 0 amide bonds. The van der Waals surface area contributed by atoms with Gasteiger partial charge in [0.15, 0.2) is 0 Å². The number of hydrogen-bond donors (Lipinski definition) is 0. The zero-order valence-corrected chi connectivity index (χ0v) is 12.4. The summed E-state index contributed by atoms with van der Waals surface area (Å²) in [4.78, 5) is 0.435. The van der Waals surface area contributed by atoms with Gasteiger partial charge in [-0.25, -0.2) is 8.42 Å². The monoisotopic (exact) mass is 299 g/mol. The maximum absolute atomic E-state index is 12.7. The number of fused-ring (bicyclic) bond motifs is 1. The molecule has 0 aliphatic heterocycles. The summed E-state index contributed by atoms with van der Waals surface area (Å²) in [6.45, 7) is 0.408. The van der Waals surface area contributed by atoms with E-state index in [0.29, 0.717) is 17.3 Å². The van der Waals surface area contributed by atoms with Crippen molar-refractivity contribution in [3.63, 3.8) is 0 Å². The van der Waals surface area contributed by atoms with Crippen LogP contribution in [0.25, 0.3) is 0 Å². The molecule has 2 aliphatic carbocycles. The molecule has 0 atom stereocenters. The predicted molar refractivity (Wildman–Crippen MR) is 76.1 cm³/mol. The molecular weight excluding hydrogens is 282 g/mol. The van der Waals surface area contributed by atoms with E-state index in [0.717, 1.165) is 32.1 Å². The molecule has 0 saturated heterocycles. The van der Waals surface area contributed by atoms with Gasteiger partial charge in [0.1, 0.15) is 0 Å². The van der Waals surface area contributed by atoms with Gasteiger partial charge in [-0.05, 0) is 55.4 Å². The van der Waals surface area contributed by atoms with Gasteiger partial charge in [0.25, 0.3) is 0 Å². The van der Waals surface area contributed by atoms with Crippen LogP contribution in [0.5, 0.6) is 0 Å². The van der Waals surface area contributed by atoms with Gasteiger partial charge in [-0.3, -0.25) is 0 Å². The highest BCUT2D eigenvalue weighted by Gasteiger charge is 2.37. The van der Waals surface area contributed by atoms with E-state index in [-0.39, 0.29) is 6.04 Å². The zero-order valence-electron chi connectivity index (χ0n) is 10.8. The SMILES string of the molecule is O=S(=O)(c1ccc2c(c1)CCC2)N(CCCl)C1CC1. The summed E-state index contributed by atoms with van der Waals surface area (Å²) >= 11 is 5.75. The van der Waals surface area contributed by atoms with Crippen molar-refractivity contribution in [1.29, 1.82) is 0 Å². The molecule has 2 aliphatic rings. The van der Waals surface area contributed by atoms with Crippen LogP contribution in [0.3, 0.4) is 0 Å². The average Bonchev–Trinajstić information content (AvgIpc) is 3.11. The number of alkyl halides is 1. The van der Waals surface area contributed by atoms with Crippen LogP contribution in [0.4, 0.5) is 0 Å². The molecule has 104 valence electrons. The standard InChI is InChI=1S/C14H18ClNO2S/c15-8-9-16(13-5-6-13)19(17,18)14-7-4-11-2-1-3-12(11)10-14/h4,7,10,13H,1-3,5-6,8-9H2. The van der Waals surface area contributed by atoms with Crippen LogP contribution < -0.4 is 0 Å². The second-order valence-electron chi connectivity index (χ2n) is 5.32. The van der Waals surface area contributed by atoms with Crippen molar-refractivity contribution in [3.8, 4) is 0 Å². The highest BCUT2D eigenvalue weighted by atomic mass is 35.5. The Bertz CT molecular complexity index is 581. The summed E-state index contributed by atoms with van der Waals surface area (Å²) < 4.78 is 26.9. The molecule has 0 N–H and O–H groups in total. The number of sulfonamides is 1. The van der Waals surface area contributed by atoms with Gasteiger partial charge in [-0.1, -0.05) is 6.07 Å². The Morgan fingerprint density at radius 2 is 1.95 bits per heavy atom. The summed E-state index contributed by atoms with van der Waals surface area (Å²) in [7, 11) is -3.37. The van der Waals surface area contributed by atoms with E-state index < -0.39 is 10.0 Å². The lowest BCUT2D eigenvalue weighted by Crippen LogP contribution is -2.34. The third-order valence-electron chi connectivity index (χ3n) is 3.94. The third-order valence-corrected chi connectivity index (χ3v) is 6.05. The van der Waals surface area contributed by atoms with Gasteiger partial charge in [-0.2, -0.15) is 4.31 Å². The summed E-state index contributed by atoms with van der Waals surface area (Å²) in [5.74, 6) is 0.348. The minimum atomic E-state index is -3.37. The van der Waals surface area contributed by atoms with Gasteiger partial charge >= 0.3 is 0 Å². The lowest BCUT2D eigenvalue weighted by molar-refractivity contribution is 0.422. The Hall–Kier alpha value is -0.580. The quantitative estimate of drug-likeness (QED) is 0.784. The zero-order chi connectivity index (χ0) is 13.5. The van der Waals surface area contributed by atoms with Crippen LogP contribution in [-0.4, -0.2) is 31.2 Å². The molecule has 5 heteroatoms. The van der Waals surface area contributed by atoms with Crippen LogP contribution in [0, 0.1) is 0 Å². The minimum absolute atomic E-state index is 0.164. The number of halogens is 1. The van der Waals surface area contributed by atoms with Crippen molar-refractivity contribution >= 4 is 21.6 Å². The largest absolute Gasteiger partial charge is 0.243 e. The van der Waals surface area contributed by atoms with E-state index in [1.807, 2.05) is 12.1 Å². The molecule has 19 heavy (non-hydrogen) atoms. The maximum Gasteiger partial charge on any atom is 0.243 e. The predicted octanol–water partition coefficient (Wildman–Crippen LogP) is 2.57. The van der Waals surface area contributed by atoms with Crippen molar-refractivity contribution in [1.82, 2.24) is 4.31 Å². The number of hydrogen-bond acceptors (Lipinski definition) is 2. The first-order valence-electron chi connectivity index (χ1n) is 6.82. The smallest absolute Gasteiger partial charge is 0.207 e. The summed E-state index contributed by atoms with van der Waals surface area (Å²) in [6.07, 6.45) is 5.12. The van der Waals surface area contributed by atoms with Crippen molar-refractivity contribution in [3.05, 3.63) is 29.3 Å². The van der Waals surface area contributed by atoms with Crippen molar-refractivity contribution in [2.24, 2.45) is 0 Å². The average molecular weight is 300 g/mol. The summed E-state index contributed by atoms with van der Waals surface area (Å²) in [6, 6.07) is 5.75. The minimum Gasteiger partial charge on any atom is -0.207 e. The van der Waals surface area contributed by atoms with Crippen LogP contribution in [0.15, 0.2) is 23.1 Å². The molecule has 3 rings (SSSR count). The lowest BCUT2D eigenvalue weighted by Gasteiger charge is -2.21. The molecule has 0 heterocycles. The van der Waals surface area contributed by atoms with Gasteiger partial charge in [-0.15, -0.1) is 11.6 Å². The van der Waals surface area contributed by atoms with E-state index in [2.05, 4.69) is 0 Å².